The van der Waals surface area contributed by atoms with Gasteiger partial charge in [-0.25, -0.2) is 0 Å². The maximum Gasteiger partial charge on any atom is 0.0330 e. The molecule has 20 heavy (non-hydrogen) atoms. The molecule has 2 rings (SSSR count). The minimum absolute atomic E-state index is 0.469. The van der Waals surface area contributed by atoms with Gasteiger partial charge >= 0.3 is 0 Å². The van der Waals surface area contributed by atoms with E-state index in [-0.39, 0.29) is 0 Å². The Balaban J connectivity index is 1.95. The summed E-state index contributed by atoms with van der Waals surface area (Å²) in [5, 5.41) is 3.62. The highest BCUT2D eigenvalue weighted by atomic mass is 127. The molecule has 1 unspecified atom stereocenters. The van der Waals surface area contributed by atoms with Gasteiger partial charge in [0.1, 0.15) is 0 Å². The zero-order chi connectivity index (χ0) is 14.2. The van der Waals surface area contributed by atoms with Crippen molar-refractivity contribution in [3.63, 3.8) is 0 Å². The number of halogens is 1. The van der Waals surface area contributed by atoms with Crippen LogP contribution in [0.4, 0.5) is 0 Å². The number of benzene rings is 2. The van der Waals surface area contributed by atoms with Gasteiger partial charge in [0.15, 0.2) is 0 Å². The van der Waals surface area contributed by atoms with Gasteiger partial charge in [-0.15, -0.1) is 0 Å². The van der Waals surface area contributed by atoms with Crippen LogP contribution in [0.15, 0.2) is 54.6 Å². The lowest BCUT2D eigenvalue weighted by molar-refractivity contribution is 0.496. The lowest BCUT2D eigenvalue weighted by atomic mass is 9.99. The molecule has 0 aliphatic heterocycles. The van der Waals surface area contributed by atoms with E-state index in [1.54, 1.807) is 0 Å². The molecule has 0 saturated carbocycles. The van der Waals surface area contributed by atoms with Crippen molar-refractivity contribution in [2.75, 3.05) is 6.54 Å². The monoisotopic (exact) mass is 379 g/mol. The van der Waals surface area contributed by atoms with Crippen LogP contribution < -0.4 is 5.32 Å². The highest BCUT2D eigenvalue weighted by Crippen LogP contribution is 2.24. The molecule has 0 radical (unpaired) electrons. The second-order valence-electron chi connectivity index (χ2n) is 5.01. The standard InChI is InChI=1S/C18H22IN/c1-2-20-18(16-12-6-7-13-17(16)19)14-8-11-15-9-4-3-5-10-15/h3-7,9-10,12-13,18,20H,2,8,11,14H2,1H3. The maximum absolute atomic E-state index is 3.62. The first-order valence-corrected chi connectivity index (χ1v) is 8.41. The van der Waals surface area contributed by atoms with Crippen molar-refractivity contribution in [1.29, 1.82) is 0 Å². The second-order valence-corrected chi connectivity index (χ2v) is 6.17. The Bertz CT molecular complexity index is 510. The van der Waals surface area contributed by atoms with E-state index in [0.29, 0.717) is 6.04 Å². The SMILES string of the molecule is CCNC(CCCc1ccccc1)c1ccccc1I. The quantitative estimate of drug-likeness (QED) is 0.671. The predicted octanol–water partition coefficient (Wildman–Crippen LogP) is 4.96. The molecule has 1 N–H and O–H groups in total. The first-order valence-electron chi connectivity index (χ1n) is 7.33. The molecule has 0 saturated heterocycles. The van der Waals surface area contributed by atoms with Gasteiger partial charge in [0.05, 0.1) is 0 Å². The largest absolute Gasteiger partial charge is 0.310 e. The molecule has 0 aromatic heterocycles. The van der Waals surface area contributed by atoms with E-state index >= 15 is 0 Å². The Kier molecular flexibility index (Phi) is 6.54. The zero-order valence-corrected chi connectivity index (χ0v) is 14.1. The molecule has 0 bridgehead atoms. The maximum atomic E-state index is 3.62. The van der Waals surface area contributed by atoms with Crippen LogP contribution in [0.2, 0.25) is 0 Å². The molecule has 0 heterocycles. The third-order valence-electron chi connectivity index (χ3n) is 3.53. The van der Waals surface area contributed by atoms with E-state index < -0.39 is 0 Å². The van der Waals surface area contributed by atoms with Crippen molar-refractivity contribution in [3.8, 4) is 0 Å². The average molecular weight is 379 g/mol. The van der Waals surface area contributed by atoms with Gasteiger partial charge in [0.2, 0.25) is 0 Å². The fourth-order valence-electron chi connectivity index (χ4n) is 2.53. The van der Waals surface area contributed by atoms with Crippen molar-refractivity contribution in [2.24, 2.45) is 0 Å². The molecule has 0 fully saturated rings. The third-order valence-corrected chi connectivity index (χ3v) is 4.51. The summed E-state index contributed by atoms with van der Waals surface area (Å²) in [6.45, 7) is 3.20. The summed E-state index contributed by atoms with van der Waals surface area (Å²) in [4.78, 5) is 0. The van der Waals surface area contributed by atoms with Crippen LogP contribution in [0.25, 0.3) is 0 Å². The van der Waals surface area contributed by atoms with Gasteiger partial charge in [0.25, 0.3) is 0 Å². The highest BCUT2D eigenvalue weighted by Gasteiger charge is 2.12. The lowest BCUT2D eigenvalue weighted by Gasteiger charge is -2.19. The number of nitrogens with one attached hydrogen (secondary N) is 1. The Morgan fingerprint density at radius 1 is 1.00 bits per heavy atom. The number of hydrogen-bond acceptors (Lipinski definition) is 1. The lowest BCUT2D eigenvalue weighted by Crippen LogP contribution is -2.21. The minimum atomic E-state index is 0.469. The fourth-order valence-corrected chi connectivity index (χ4v) is 3.29. The van der Waals surface area contributed by atoms with Crippen molar-refractivity contribution in [2.45, 2.75) is 32.2 Å². The smallest absolute Gasteiger partial charge is 0.0330 e. The van der Waals surface area contributed by atoms with Crippen LogP contribution in [0.3, 0.4) is 0 Å². The van der Waals surface area contributed by atoms with Crippen molar-refractivity contribution < 1.29 is 0 Å². The normalized spacial score (nSPS) is 12.3. The molecular formula is C18H22IN. The molecule has 1 nitrogen and oxygen atoms in total. The van der Waals surface area contributed by atoms with E-state index in [2.05, 4.69) is 89.4 Å². The van der Waals surface area contributed by atoms with Crippen LogP contribution in [0.1, 0.15) is 36.9 Å². The first kappa shape index (κ1) is 15.5. The molecule has 2 heteroatoms. The molecule has 1 atom stereocenters. The molecule has 0 aliphatic rings. The molecule has 2 aromatic rings. The Labute approximate surface area is 135 Å². The van der Waals surface area contributed by atoms with Gasteiger partial charge in [-0.3, -0.25) is 0 Å². The van der Waals surface area contributed by atoms with Crippen molar-refractivity contribution in [1.82, 2.24) is 5.32 Å². The molecular weight excluding hydrogens is 357 g/mol. The molecule has 2 aromatic carbocycles. The van der Waals surface area contributed by atoms with Crippen molar-refractivity contribution in [3.05, 3.63) is 69.3 Å². The third kappa shape index (κ3) is 4.60. The minimum Gasteiger partial charge on any atom is -0.310 e. The Morgan fingerprint density at radius 2 is 1.70 bits per heavy atom. The van der Waals surface area contributed by atoms with Crippen molar-refractivity contribution >= 4 is 22.6 Å². The van der Waals surface area contributed by atoms with E-state index in [1.807, 2.05) is 0 Å². The molecule has 0 spiro atoms. The van der Waals surface area contributed by atoms with E-state index in [0.717, 1.165) is 13.0 Å². The number of hydrogen-bond donors (Lipinski definition) is 1. The zero-order valence-electron chi connectivity index (χ0n) is 12.0. The first-order chi connectivity index (χ1) is 9.81. The summed E-state index contributed by atoms with van der Waals surface area (Å²) in [5.74, 6) is 0. The Morgan fingerprint density at radius 3 is 2.40 bits per heavy atom. The van der Waals surface area contributed by atoms with Gasteiger partial charge in [-0.05, 0) is 65.6 Å². The van der Waals surface area contributed by atoms with E-state index in [1.165, 1.54) is 27.5 Å². The summed E-state index contributed by atoms with van der Waals surface area (Å²) in [5.41, 5.74) is 2.87. The summed E-state index contributed by atoms with van der Waals surface area (Å²) >= 11 is 2.44. The summed E-state index contributed by atoms with van der Waals surface area (Å²) < 4.78 is 1.36. The van der Waals surface area contributed by atoms with Gasteiger partial charge in [-0.2, -0.15) is 0 Å². The molecule has 0 aliphatic carbocycles. The predicted molar refractivity (Wildman–Crippen MR) is 95.0 cm³/mol. The second kappa shape index (κ2) is 8.42. The van der Waals surface area contributed by atoms with Gasteiger partial charge in [-0.1, -0.05) is 55.5 Å². The van der Waals surface area contributed by atoms with Gasteiger partial charge in [0, 0.05) is 9.61 Å². The molecule has 0 amide bonds. The van der Waals surface area contributed by atoms with Crippen LogP contribution >= 0.6 is 22.6 Å². The van der Waals surface area contributed by atoms with E-state index in [9.17, 15) is 0 Å². The summed E-state index contributed by atoms with van der Waals surface area (Å²) in [6, 6.07) is 19.9. The topological polar surface area (TPSA) is 12.0 Å². The summed E-state index contributed by atoms with van der Waals surface area (Å²) in [6.07, 6.45) is 3.56. The average Bonchev–Trinajstić information content (AvgIpc) is 2.48. The van der Waals surface area contributed by atoms with Crippen LogP contribution in [-0.2, 0) is 6.42 Å². The van der Waals surface area contributed by atoms with Gasteiger partial charge < -0.3 is 5.32 Å². The summed E-state index contributed by atoms with van der Waals surface area (Å²) in [7, 11) is 0. The highest BCUT2D eigenvalue weighted by molar-refractivity contribution is 14.1. The number of rotatable bonds is 7. The van der Waals surface area contributed by atoms with Crippen LogP contribution in [-0.4, -0.2) is 6.54 Å². The van der Waals surface area contributed by atoms with Crippen LogP contribution in [0.5, 0.6) is 0 Å². The molecule has 106 valence electrons. The van der Waals surface area contributed by atoms with Crippen LogP contribution in [0, 0.1) is 3.57 Å². The number of aryl methyl sites for hydroxylation is 1. The Hall–Kier alpha value is -0.870. The fraction of sp³-hybridized carbons (Fsp3) is 0.333. The van der Waals surface area contributed by atoms with E-state index in [4.69, 9.17) is 0 Å².